The van der Waals surface area contributed by atoms with E-state index in [-0.39, 0.29) is 5.82 Å². The average Bonchev–Trinajstić information content (AvgIpc) is 2.67. The summed E-state index contributed by atoms with van der Waals surface area (Å²) in [4.78, 5) is 3.94. The molecule has 0 atom stereocenters. The lowest BCUT2D eigenvalue weighted by Gasteiger charge is -1.95. The Morgan fingerprint density at radius 3 is 2.94 bits per heavy atom. The third-order valence-corrected chi connectivity index (χ3v) is 2.56. The van der Waals surface area contributed by atoms with Crippen LogP contribution in [0.5, 0.6) is 0 Å². The number of rotatable bonds is 3. The van der Waals surface area contributed by atoms with Gasteiger partial charge in [0.15, 0.2) is 0 Å². The molecule has 0 unspecified atom stereocenters. The molecule has 0 aliphatic rings. The highest BCUT2D eigenvalue weighted by molar-refractivity contribution is 7.14. The molecule has 0 aliphatic heterocycles. The second-order valence-corrected chi connectivity index (χ2v) is 3.83. The molecule has 1 aromatic heterocycles. The van der Waals surface area contributed by atoms with E-state index in [1.165, 1.54) is 23.6 Å². The van der Waals surface area contributed by atoms with Gasteiger partial charge in [0.05, 0.1) is 6.21 Å². The highest BCUT2D eigenvalue weighted by Gasteiger charge is 1.97. The first kappa shape index (κ1) is 10.6. The van der Waals surface area contributed by atoms with E-state index in [4.69, 9.17) is 5.73 Å². The van der Waals surface area contributed by atoms with Gasteiger partial charge in [-0.2, -0.15) is 5.10 Å². The lowest BCUT2D eigenvalue weighted by molar-refractivity contribution is 0.626. The summed E-state index contributed by atoms with van der Waals surface area (Å²) in [5.41, 5.74) is 8.52. The maximum Gasteiger partial charge on any atom is 0.205 e. The van der Waals surface area contributed by atoms with Crippen molar-refractivity contribution in [2.45, 2.75) is 0 Å². The molecule has 6 heteroatoms. The number of aromatic nitrogens is 1. The van der Waals surface area contributed by atoms with Gasteiger partial charge in [0, 0.05) is 10.9 Å². The third kappa shape index (κ3) is 2.54. The van der Waals surface area contributed by atoms with Gasteiger partial charge in [-0.3, -0.25) is 5.43 Å². The Labute approximate surface area is 95.6 Å². The van der Waals surface area contributed by atoms with Gasteiger partial charge in [-0.15, -0.1) is 11.3 Å². The van der Waals surface area contributed by atoms with Gasteiger partial charge in [0.2, 0.25) is 5.13 Å². The second kappa shape index (κ2) is 4.71. The van der Waals surface area contributed by atoms with E-state index < -0.39 is 0 Å². The first-order valence-corrected chi connectivity index (χ1v) is 5.38. The molecular weight excluding hydrogens is 227 g/mol. The molecular formula is C10H9FN4S. The Hall–Kier alpha value is -1.95. The summed E-state index contributed by atoms with van der Waals surface area (Å²) in [6.07, 6.45) is 1.40. The van der Waals surface area contributed by atoms with E-state index in [1.54, 1.807) is 23.6 Å². The molecule has 82 valence electrons. The van der Waals surface area contributed by atoms with Crippen LogP contribution < -0.4 is 11.2 Å². The molecule has 2 rings (SSSR count). The number of nitrogen functional groups attached to an aromatic ring is 1. The number of nitrogens with one attached hydrogen (secondary N) is 1. The number of hydrazone groups is 1. The second-order valence-electron chi connectivity index (χ2n) is 2.97. The normalized spacial score (nSPS) is 10.8. The number of nitrogens with zero attached hydrogens (tertiary/aromatic N) is 2. The number of halogens is 1. The van der Waals surface area contributed by atoms with E-state index in [1.807, 2.05) is 0 Å². The van der Waals surface area contributed by atoms with Gasteiger partial charge in [-0.25, -0.2) is 9.37 Å². The molecule has 0 saturated carbocycles. The minimum Gasteiger partial charge on any atom is -0.383 e. The van der Waals surface area contributed by atoms with Crippen LogP contribution in [0.1, 0.15) is 5.56 Å². The number of hydrogen-bond acceptors (Lipinski definition) is 5. The molecule has 0 saturated heterocycles. The first-order valence-electron chi connectivity index (χ1n) is 4.50. The van der Waals surface area contributed by atoms with Crippen molar-refractivity contribution < 1.29 is 4.39 Å². The fraction of sp³-hybridized carbons (Fsp3) is 0. The molecule has 0 bridgehead atoms. The number of benzene rings is 1. The van der Waals surface area contributed by atoms with Crippen molar-refractivity contribution in [1.29, 1.82) is 0 Å². The Bertz CT molecular complexity index is 509. The average molecular weight is 236 g/mol. The maximum absolute atomic E-state index is 13.2. The van der Waals surface area contributed by atoms with Crippen LogP contribution >= 0.6 is 11.3 Å². The molecule has 0 aliphatic carbocycles. The predicted octanol–water partition coefficient (Wildman–Crippen LogP) is 2.31. The van der Waals surface area contributed by atoms with Gasteiger partial charge in [0.25, 0.3) is 0 Å². The molecule has 1 heterocycles. The van der Waals surface area contributed by atoms with E-state index in [9.17, 15) is 4.39 Å². The zero-order valence-corrected chi connectivity index (χ0v) is 9.04. The molecule has 2 aromatic rings. The summed E-state index contributed by atoms with van der Waals surface area (Å²) in [5.74, 6) is 0.125. The summed E-state index contributed by atoms with van der Waals surface area (Å²) in [7, 11) is 0. The standard InChI is InChI=1S/C10H9FN4S/c11-8-4-2-1-3-7(8)5-13-15-10-14-9(12)6-16-10/h1-6H,12H2,(H,14,15). The van der Waals surface area contributed by atoms with Crippen LogP contribution in [0, 0.1) is 5.82 Å². The number of thiazole rings is 1. The monoisotopic (exact) mass is 236 g/mol. The molecule has 1 aromatic carbocycles. The predicted molar refractivity (Wildman–Crippen MR) is 64.1 cm³/mol. The van der Waals surface area contributed by atoms with E-state index in [2.05, 4.69) is 15.5 Å². The number of anilines is 2. The van der Waals surface area contributed by atoms with Crippen molar-refractivity contribution >= 4 is 28.5 Å². The quantitative estimate of drug-likeness (QED) is 0.635. The summed E-state index contributed by atoms with van der Waals surface area (Å²) in [5, 5.41) is 6.13. The molecule has 0 spiro atoms. The highest BCUT2D eigenvalue weighted by atomic mass is 32.1. The lowest BCUT2D eigenvalue weighted by atomic mass is 10.2. The van der Waals surface area contributed by atoms with Crippen LogP contribution in [0.2, 0.25) is 0 Å². The van der Waals surface area contributed by atoms with Crippen LogP contribution in [0.3, 0.4) is 0 Å². The number of hydrogen-bond donors (Lipinski definition) is 2. The molecule has 4 nitrogen and oxygen atoms in total. The maximum atomic E-state index is 13.2. The van der Waals surface area contributed by atoms with Crippen molar-refractivity contribution in [3.05, 3.63) is 41.0 Å². The molecule has 0 fully saturated rings. The van der Waals surface area contributed by atoms with E-state index >= 15 is 0 Å². The van der Waals surface area contributed by atoms with Crippen molar-refractivity contribution in [2.24, 2.45) is 5.10 Å². The van der Waals surface area contributed by atoms with E-state index in [0.29, 0.717) is 16.5 Å². The van der Waals surface area contributed by atoms with Crippen LogP contribution in [0.25, 0.3) is 0 Å². The zero-order valence-electron chi connectivity index (χ0n) is 8.22. The molecule has 0 radical (unpaired) electrons. The topological polar surface area (TPSA) is 63.3 Å². The van der Waals surface area contributed by atoms with Crippen molar-refractivity contribution in [3.8, 4) is 0 Å². The minimum absolute atomic E-state index is 0.313. The fourth-order valence-electron chi connectivity index (χ4n) is 1.07. The first-order chi connectivity index (χ1) is 7.75. The van der Waals surface area contributed by atoms with Gasteiger partial charge in [0.1, 0.15) is 11.6 Å². The Morgan fingerprint density at radius 1 is 1.44 bits per heavy atom. The third-order valence-electron chi connectivity index (χ3n) is 1.79. The van der Waals surface area contributed by atoms with Crippen LogP contribution in [0.4, 0.5) is 15.3 Å². The Morgan fingerprint density at radius 2 is 2.25 bits per heavy atom. The SMILES string of the molecule is Nc1csc(NN=Cc2ccccc2F)n1. The van der Waals surface area contributed by atoms with Gasteiger partial charge < -0.3 is 5.73 Å². The summed E-state index contributed by atoms with van der Waals surface area (Å²) >= 11 is 1.33. The smallest absolute Gasteiger partial charge is 0.205 e. The van der Waals surface area contributed by atoms with Crippen LogP contribution in [-0.2, 0) is 0 Å². The van der Waals surface area contributed by atoms with Crippen molar-refractivity contribution in [1.82, 2.24) is 4.98 Å². The van der Waals surface area contributed by atoms with Crippen molar-refractivity contribution in [2.75, 3.05) is 11.2 Å². The Kier molecular flexibility index (Phi) is 3.11. The summed E-state index contributed by atoms with van der Waals surface area (Å²) in [6, 6.07) is 6.38. The minimum atomic E-state index is -0.313. The molecule has 16 heavy (non-hydrogen) atoms. The summed E-state index contributed by atoms with van der Waals surface area (Å²) in [6.45, 7) is 0. The van der Waals surface area contributed by atoms with Gasteiger partial charge in [-0.1, -0.05) is 18.2 Å². The fourth-order valence-corrected chi connectivity index (χ4v) is 1.62. The molecule has 0 amide bonds. The number of nitrogens with two attached hydrogens (primary N) is 1. The summed E-state index contributed by atoms with van der Waals surface area (Å²) < 4.78 is 13.2. The van der Waals surface area contributed by atoms with Crippen molar-refractivity contribution in [3.63, 3.8) is 0 Å². The van der Waals surface area contributed by atoms with Crippen LogP contribution in [0.15, 0.2) is 34.7 Å². The molecule has 3 N–H and O–H groups in total. The van der Waals surface area contributed by atoms with E-state index in [0.717, 1.165) is 0 Å². The zero-order chi connectivity index (χ0) is 11.4. The lowest BCUT2D eigenvalue weighted by Crippen LogP contribution is -1.93. The highest BCUT2D eigenvalue weighted by Crippen LogP contribution is 2.16. The van der Waals surface area contributed by atoms with Crippen LogP contribution in [-0.4, -0.2) is 11.2 Å². The largest absolute Gasteiger partial charge is 0.383 e. The van der Waals surface area contributed by atoms with Gasteiger partial charge in [-0.05, 0) is 6.07 Å². The Balaban J connectivity index is 2.03. The van der Waals surface area contributed by atoms with Gasteiger partial charge >= 0.3 is 0 Å².